The van der Waals surface area contributed by atoms with Gasteiger partial charge in [0.05, 0.1) is 28.8 Å². The number of thiazole rings is 1. The molecule has 3 amide bonds. The van der Waals surface area contributed by atoms with Crippen molar-refractivity contribution >= 4 is 58.2 Å². The van der Waals surface area contributed by atoms with Crippen molar-refractivity contribution < 1.29 is 23.9 Å². The van der Waals surface area contributed by atoms with Gasteiger partial charge in [0.1, 0.15) is 11.8 Å². The third-order valence-electron chi connectivity index (χ3n) is 7.20. The number of esters is 1. The monoisotopic (exact) mass is 599 g/mol. The molecule has 0 bridgehead atoms. The highest BCUT2D eigenvalue weighted by molar-refractivity contribution is 8.00. The van der Waals surface area contributed by atoms with Gasteiger partial charge in [-0.3, -0.25) is 23.7 Å². The third kappa shape index (κ3) is 4.94. The van der Waals surface area contributed by atoms with Crippen LogP contribution in [0.2, 0.25) is 0 Å². The molecule has 0 saturated carbocycles. The molecule has 3 aromatic carbocycles. The van der Waals surface area contributed by atoms with Crippen molar-refractivity contribution in [3.8, 4) is 0 Å². The molecule has 1 saturated heterocycles. The van der Waals surface area contributed by atoms with Crippen LogP contribution in [0.1, 0.15) is 33.6 Å². The second-order valence-corrected chi connectivity index (χ2v) is 11.9. The molecule has 212 valence electrons. The zero-order valence-electron chi connectivity index (χ0n) is 22.4. The molecule has 1 fully saturated rings. The fraction of sp³-hybridized carbons (Fsp3) is 0.194. The zero-order valence-corrected chi connectivity index (χ0v) is 24.0. The Bertz CT molecular complexity index is 1730. The van der Waals surface area contributed by atoms with Crippen molar-refractivity contribution in [2.24, 2.45) is 5.92 Å². The Morgan fingerprint density at radius 3 is 2.21 bits per heavy atom. The van der Waals surface area contributed by atoms with Crippen LogP contribution >= 0.6 is 23.1 Å². The van der Waals surface area contributed by atoms with Gasteiger partial charge in [-0.15, -0.1) is 0 Å². The predicted octanol–water partition coefficient (Wildman–Crippen LogP) is 4.52. The van der Waals surface area contributed by atoms with Gasteiger partial charge in [-0.05, 0) is 48.9 Å². The van der Waals surface area contributed by atoms with Crippen molar-refractivity contribution in [2.75, 3.05) is 16.8 Å². The van der Waals surface area contributed by atoms with Crippen LogP contribution in [0.4, 0.5) is 11.4 Å². The highest BCUT2D eigenvalue weighted by atomic mass is 32.2. The molecule has 4 aromatic rings. The van der Waals surface area contributed by atoms with Crippen LogP contribution < -0.4 is 15.1 Å². The first-order valence-electron chi connectivity index (χ1n) is 13.3. The van der Waals surface area contributed by atoms with Crippen molar-refractivity contribution in [1.29, 1.82) is 0 Å². The van der Waals surface area contributed by atoms with E-state index in [-0.39, 0.29) is 29.8 Å². The highest BCUT2D eigenvalue weighted by Crippen LogP contribution is 2.53. The smallest absolute Gasteiger partial charge is 0.338 e. The Morgan fingerprint density at radius 1 is 0.881 bits per heavy atom. The molecule has 0 radical (unpaired) electrons. The van der Waals surface area contributed by atoms with Gasteiger partial charge in [-0.1, -0.05) is 71.6 Å². The first kappa shape index (κ1) is 27.7. The highest BCUT2D eigenvalue weighted by Gasteiger charge is 2.56. The normalized spacial score (nSPS) is 19.3. The van der Waals surface area contributed by atoms with Crippen molar-refractivity contribution in [3.05, 3.63) is 111 Å². The summed E-state index contributed by atoms with van der Waals surface area (Å²) >= 11 is 2.17. The molecule has 6 rings (SSSR count). The van der Waals surface area contributed by atoms with Gasteiger partial charge in [-0.2, -0.15) is 0 Å². The summed E-state index contributed by atoms with van der Waals surface area (Å²) in [7, 11) is 0. The molecule has 42 heavy (non-hydrogen) atoms. The Morgan fingerprint density at radius 2 is 1.55 bits per heavy atom. The van der Waals surface area contributed by atoms with Crippen molar-refractivity contribution in [1.82, 2.24) is 4.57 Å². The lowest BCUT2D eigenvalue weighted by Gasteiger charge is -2.30. The summed E-state index contributed by atoms with van der Waals surface area (Å²) in [5, 5.41) is 2.52. The van der Waals surface area contributed by atoms with E-state index < -0.39 is 29.0 Å². The summed E-state index contributed by atoms with van der Waals surface area (Å²) in [5.41, 5.74) is 2.14. The van der Waals surface area contributed by atoms with E-state index in [0.29, 0.717) is 26.8 Å². The van der Waals surface area contributed by atoms with E-state index in [9.17, 15) is 24.0 Å². The number of hydrogen-bond donors (Lipinski definition) is 1. The molecule has 1 N–H and O–H groups in total. The molecule has 3 heterocycles. The minimum absolute atomic E-state index is 0.256. The predicted molar refractivity (Wildman–Crippen MR) is 160 cm³/mol. The van der Waals surface area contributed by atoms with Gasteiger partial charge >= 0.3 is 10.8 Å². The van der Waals surface area contributed by atoms with E-state index in [1.165, 1.54) is 21.2 Å². The summed E-state index contributed by atoms with van der Waals surface area (Å²) in [4.78, 5) is 67.4. The summed E-state index contributed by atoms with van der Waals surface area (Å²) in [5.74, 6) is -2.77. The summed E-state index contributed by atoms with van der Waals surface area (Å²) in [6.45, 7) is 1.70. The number of fused-ring (bicyclic) bond motifs is 2. The number of hydrogen-bond acceptors (Lipinski definition) is 8. The summed E-state index contributed by atoms with van der Waals surface area (Å²) in [6.07, 6.45) is 0. The van der Waals surface area contributed by atoms with Crippen molar-refractivity contribution in [3.63, 3.8) is 0 Å². The number of aromatic nitrogens is 1. The number of thioether (sulfide) groups is 1. The number of benzene rings is 3. The molecular formula is C31H25N3O6S2. The number of carbonyl (C=O) groups excluding carboxylic acids is 4. The molecule has 0 spiro atoms. The van der Waals surface area contributed by atoms with Crippen LogP contribution in [0.3, 0.4) is 0 Å². The van der Waals surface area contributed by atoms with Crippen LogP contribution in [-0.4, -0.2) is 40.1 Å². The van der Waals surface area contributed by atoms with Crippen LogP contribution in [0.15, 0.2) is 94.7 Å². The second kappa shape index (κ2) is 11.4. The maximum Gasteiger partial charge on any atom is 0.338 e. The summed E-state index contributed by atoms with van der Waals surface area (Å²) < 4.78 is 6.36. The van der Waals surface area contributed by atoms with E-state index in [1.54, 1.807) is 55.5 Å². The molecule has 1 aromatic heterocycles. The van der Waals surface area contributed by atoms with Gasteiger partial charge < -0.3 is 10.1 Å². The molecule has 2 aliphatic heterocycles. The maximum absolute atomic E-state index is 13.8. The zero-order chi connectivity index (χ0) is 29.4. The quantitative estimate of drug-likeness (QED) is 0.245. The van der Waals surface area contributed by atoms with Crippen LogP contribution in [0.25, 0.3) is 0 Å². The number of ether oxygens (including phenoxy) is 1. The van der Waals surface area contributed by atoms with E-state index in [4.69, 9.17) is 4.74 Å². The number of anilines is 2. The minimum atomic E-state index is -0.755. The Kier molecular flexibility index (Phi) is 7.53. The molecule has 2 aliphatic rings. The summed E-state index contributed by atoms with van der Waals surface area (Å²) in [6, 6.07) is 24.5. The van der Waals surface area contributed by atoms with E-state index in [2.05, 4.69) is 5.32 Å². The molecule has 9 nitrogen and oxygen atoms in total. The second-order valence-electron chi connectivity index (χ2n) is 9.77. The van der Waals surface area contributed by atoms with Gasteiger partial charge in [0.2, 0.25) is 17.7 Å². The van der Waals surface area contributed by atoms with Gasteiger partial charge in [0.15, 0.2) is 0 Å². The van der Waals surface area contributed by atoms with Crippen LogP contribution in [0, 0.1) is 5.92 Å². The number of rotatable bonds is 7. The topological polar surface area (TPSA) is 115 Å². The standard InChI is InChI=1S/C31H25N3O6S2/c1-2-40-30(38)19-13-15-20(16-14-19)32-22(35)17-33-29-26(42-31(33)39)23(18-9-5-3-6-10-18)24-25(41-29)28(37)34(27(24)36)21-11-7-4-8-12-21/h3-16,23-25H,2,17H2,1H3,(H,32,35). The van der Waals surface area contributed by atoms with E-state index in [1.807, 2.05) is 36.4 Å². The first-order chi connectivity index (χ1) is 20.4. The lowest BCUT2D eigenvalue weighted by atomic mass is 9.83. The SMILES string of the molecule is CCOC(=O)c1ccc(NC(=O)Cn2c3c(sc2=O)C(c2ccccc2)C2C(=O)N(c4ccccc4)C(=O)C2S3)cc1. The van der Waals surface area contributed by atoms with Crippen molar-refractivity contribution in [2.45, 2.75) is 29.7 Å². The first-order valence-corrected chi connectivity index (χ1v) is 15.0. The number of imide groups is 1. The van der Waals surface area contributed by atoms with E-state index >= 15 is 0 Å². The average molecular weight is 600 g/mol. The third-order valence-corrected chi connectivity index (χ3v) is 9.81. The largest absolute Gasteiger partial charge is 0.462 e. The lowest BCUT2D eigenvalue weighted by molar-refractivity contribution is -0.122. The fourth-order valence-corrected chi connectivity index (χ4v) is 8.13. The Labute approximate surface area is 249 Å². The minimum Gasteiger partial charge on any atom is -0.462 e. The molecular weight excluding hydrogens is 574 g/mol. The molecule has 3 unspecified atom stereocenters. The van der Waals surface area contributed by atoms with Crippen LogP contribution in [-0.2, 0) is 25.7 Å². The number of nitrogens with one attached hydrogen (secondary N) is 1. The molecule has 11 heteroatoms. The van der Waals surface area contributed by atoms with E-state index in [0.717, 1.165) is 16.9 Å². The number of carbonyl (C=O) groups is 4. The number of para-hydroxylation sites is 1. The Hall–Kier alpha value is -4.48. The van der Waals surface area contributed by atoms with Gasteiger partial charge in [-0.25, -0.2) is 9.69 Å². The van der Waals surface area contributed by atoms with Gasteiger partial charge in [0, 0.05) is 16.5 Å². The van der Waals surface area contributed by atoms with Gasteiger partial charge in [0.25, 0.3) is 0 Å². The number of nitrogens with zero attached hydrogens (tertiary/aromatic N) is 2. The number of amides is 3. The average Bonchev–Trinajstić information content (AvgIpc) is 3.44. The molecule has 0 aliphatic carbocycles. The maximum atomic E-state index is 13.8. The fourth-order valence-electron chi connectivity index (χ4n) is 5.35. The molecule has 3 atom stereocenters. The van der Waals surface area contributed by atoms with Crippen LogP contribution in [0.5, 0.6) is 0 Å². The Balaban J connectivity index is 1.32. The lowest BCUT2D eigenvalue weighted by Crippen LogP contribution is -2.33.